The molecule has 0 saturated carbocycles. The average molecular weight is 500 g/mol. The van der Waals surface area contributed by atoms with Crippen molar-refractivity contribution in [3.8, 4) is 0 Å². The maximum atomic E-state index is 14.1. The Morgan fingerprint density at radius 2 is 1.97 bits per heavy atom. The van der Waals surface area contributed by atoms with Crippen LogP contribution in [0.5, 0.6) is 0 Å². The van der Waals surface area contributed by atoms with Crippen molar-refractivity contribution in [3.05, 3.63) is 52.5 Å². The maximum Gasteiger partial charge on any atom is 0.239 e. The molecule has 5 atom stereocenters. The second-order valence-electron chi connectivity index (χ2n) is 10.9. The molecular formula is C26H34BrN3O2. The molecule has 0 aromatic heterocycles. The van der Waals surface area contributed by atoms with Gasteiger partial charge in [-0.15, -0.1) is 0 Å². The Kier molecular flexibility index (Phi) is 5.91. The van der Waals surface area contributed by atoms with E-state index in [1.165, 1.54) is 0 Å². The van der Waals surface area contributed by atoms with Crippen LogP contribution in [0, 0.1) is 17.3 Å². The van der Waals surface area contributed by atoms with Crippen molar-refractivity contribution >= 4 is 33.4 Å². The molecule has 1 fully saturated rings. The Balaban J connectivity index is 1.99. The van der Waals surface area contributed by atoms with E-state index in [0.29, 0.717) is 0 Å². The van der Waals surface area contributed by atoms with E-state index in [1.54, 1.807) is 4.90 Å². The first-order valence-electron chi connectivity index (χ1n) is 11.4. The van der Waals surface area contributed by atoms with E-state index >= 15 is 0 Å². The number of rotatable bonds is 3. The molecule has 3 aliphatic rings. The molecule has 2 amide bonds. The molecule has 2 heterocycles. The molecule has 2 aliphatic heterocycles. The van der Waals surface area contributed by atoms with Crippen molar-refractivity contribution in [2.75, 3.05) is 26.5 Å². The lowest BCUT2D eigenvalue weighted by molar-refractivity contribution is -0.135. The number of hydrogen-bond donors (Lipinski definition) is 1. The van der Waals surface area contributed by atoms with Gasteiger partial charge in [0.25, 0.3) is 0 Å². The van der Waals surface area contributed by atoms with E-state index in [0.717, 1.165) is 28.6 Å². The number of carbonyl (C=O) groups is 2. The van der Waals surface area contributed by atoms with Gasteiger partial charge >= 0.3 is 0 Å². The van der Waals surface area contributed by atoms with Crippen molar-refractivity contribution in [2.24, 2.45) is 17.3 Å². The number of fused-ring (bicyclic) bond motifs is 2. The number of likely N-dealkylation sites (tertiary alicyclic amines) is 1. The Bertz CT molecular complexity index is 993. The highest BCUT2D eigenvalue weighted by Crippen LogP contribution is 2.59. The van der Waals surface area contributed by atoms with Crippen LogP contribution in [0.3, 0.4) is 0 Å². The number of amides is 2. The first-order valence-corrected chi connectivity index (χ1v) is 12.1. The number of nitrogens with one attached hydrogen (secondary N) is 1. The first kappa shape index (κ1) is 23.2. The number of allylic oxidation sites excluding steroid dienone is 4. The molecule has 1 spiro atoms. The van der Waals surface area contributed by atoms with Crippen LogP contribution in [-0.2, 0) is 15.0 Å². The van der Waals surface area contributed by atoms with E-state index < -0.39 is 5.41 Å². The quantitative estimate of drug-likeness (QED) is 0.663. The summed E-state index contributed by atoms with van der Waals surface area (Å²) in [5, 5.41) is 3.19. The zero-order valence-corrected chi connectivity index (χ0v) is 21.4. The van der Waals surface area contributed by atoms with Gasteiger partial charge in [-0.25, -0.2) is 0 Å². The summed E-state index contributed by atoms with van der Waals surface area (Å²) in [6.07, 6.45) is 7.89. The van der Waals surface area contributed by atoms with Crippen LogP contribution in [0.15, 0.2) is 47.0 Å². The fraction of sp³-hybridized carbons (Fsp3) is 0.538. The Hall–Kier alpha value is -1.92. The van der Waals surface area contributed by atoms with Crippen molar-refractivity contribution in [1.82, 2.24) is 9.80 Å². The second kappa shape index (κ2) is 8.14. The highest BCUT2D eigenvalue weighted by Gasteiger charge is 2.68. The SMILES string of the molecule is CN(C)C(=O)[C@H]1[C@H](C2C=CC=C(Br)C2)[C@@]2(C(=O)Nc3ccccc32)[C@@H](CC(C)(C)C)N1C. The van der Waals surface area contributed by atoms with Crippen LogP contribution in [0.4, 0.5) is 5.69 Å². The van der Waals surface area contributed by atoms with Crippen LogP contribution < -0.4 is 5.32 Å². The predicted molar refractivity (Wildman–Crippen MR) is 133 cm³/mol. The summed E-state index contributed by atoms with van der Waals surface area (Å²) in [6.45, 7) is 6.63. The third kappa shape index (κ3) is 3.56. The standard InChI is InChI=1S/C26H34BrN3O2/c1-25(2,3)15-20-26(18-12-7-8-13-19(18)28-24(26)32)21(16-10-9-11-17(27)14-16)22(30(20)6)23(31)29(4)5/h7-13,16,20-22H,14-15H2,1-6H3,(H,28,32)/t16?,20-,21+,22-,26+/m1/s1. The van der Waals surface area contributed by atoms with Gasteiger partial charge in [-0.2, -0.15) is 0 Å². The van der Waals surface area contributed by atoms with Gasteiger partial charge in [-0.05, 0) is 47.3 Å². The van der Waals surface area contributed by atoms with Gasteiger partial charge in [0.05, 0.1) is 11.5 Å². The third-order valence-electron chi connectivity index (χ3n) is 7.35. The molecule has 32 heavy (non-hydrogen) atoms. The molecule has 1 saturated heterocycles. The monoisotopic (exact) mass is 499 g/mol. The van der Waals surface area contributed by atoms with E-state index in [9.17, 15) is 9.59 Å². The summed E-state index contributed by atoms with van der Waals surface area (Å²) in [4.78, 5) is 31.6. The van der Waals surface area contributed by atoms with Gasteiger partial charge in [-0.3, -0.25) is 14.5 Å². The molecule has 1 aromatic rings. The van der Waals surface area contributed by atoms with Gasteiger partial charge in [0.1, 0.15) is 0 Å². The fourth-order valence-corrected chi connectivity index (χ4v) is 6.69. The number of halogens is 1. The lowest BCUT2D eigenvalue weighted by Crippen LogP contribution is -2.52. The highest BCUT2D eigenvalue weighted by atomic mass is 79.9. The molecule has 5 nitrogen and oxygen atoms in total. The number of likely N-dealkylation sites (N-methyl/N-ethyl adjacent to an activating group) is 2. The molecule has 172 valence electrons. The topological polar surface area (TPSA) is 52.7 Å². The lowest BCUT2D eigenvalue weighted by Gasteiger charge is -2.41. The molecule has 1 N–H and O–H groups in total. The van der Waals surface area contributed by atoms with Crippen LogP contribution in [0.1, 0.15) is 39.2 Å². The molecule has 0 radical (unpaired) electrons. The molecule has 1 aliphatic carbocycles. The minimum absolute atomic E-state index is 0.00671. The number of nitrogens with zero attached hydrogens (tertiary/aromatic N) is 2. The summed E-state index contributed by atoms with van der Waals surface area (Å²) in [6, 6.07) is 7.57. The maximum absolute atomic E-state index is 14.1. The minimum Gasteiger partial charge on any atom is -0.347 e. The molecule has 1 unspecified atom stereocenters. The first-order chi connectivity index (χ1) is 15.0. The number of benzene rings is 1. The van der Waals surface area contributed by atoms with Crippen molar-refractivity contribution in [1.29, 1.82) is 0 Å². The van der Waals surface area contributed by atoms with E-state index in [-0.39, 0.29) is 41.1 Å². The van der Waals surface area contributed by atoms with Crippen LogP contribution in [0.2, 0.25) is 0 Å². The van der Waals surface area contributed by atoms with Gasteiger partial charge in [0.15, 0.2) is 0 Å². The number of carbonyl (C=O) groups excluding carboxylic acids is 2. The fourth-order valence-electron chi connectivity index (χ4n) is 6.16. The van der Waals surface area contributed by atoms with Crippen molar-refractivity contribution in [3.63, 3.8) is 0 Å². The summed E-state index contributed by atoms with van der Waals surface area (Å²) in [7, 11) is 5.66. The molecular weight excluding hydrogens is 466 g/mol. The second-order valence-corrected chi connectivity index (χ2v) is 11.9. The number of para-hydroxylation sites is 1. The summed E-state index contributed by atoms with van der Waals surface area (Å²) >= 11 is 3.68. The molecule has 0 bridgehead atoms. The van der Waals surface area contributed by atoms with E-state index in [2.05, 4.69) is 71.2 Å². The summed E-state index contributed by atoms with van der Waals surface area (Å²) in [5.74, 6) is -0.0361. The Morgan fingerprint density at radius 1 is 1.28 bits per heavy atom. The average Bonchev–Trinajstić information content (AvgIpc) is 3.13. The van der Waals surface area contributed by atoms with Crippen molar-refractivity contribution < 1.29 is 9.59 Å². The lowest BCUT2D eigenvalue weighted by atomic mass is 9.60. The number of hydrogen-bond acceptors (Lipinski definition) is 3. The summed E-state index contributed by atoms with van der Waals surface area (Å²) < 4.78 is 1.10. The minimum atomic E-state index is -0.797. The predicted octanol–water partition coefficient (Wildman–Crippen LogP) is 4.55. The van der Waals surface area contributed by atoms with Crippen LogP contribution >= 0.6 is 15.9 Å². The highest BCUT2D eigenvalue weighted by molar-refractivity contribution is 9.11. The number of anilines is 1. The van der Waals surface area contributed by atoms with Crippen molar-refractivity contribution in [2.45, 2.75) is 51.1 Å². The molecule has 4 rings (SSSR count). The largest absolute Gasteiger partial charge is 0.347 e. The van der Waals surface area contributed by atoms with E-state index in [4.69, 9.17) is 0 Å². The zero-order chi connectivity index (χ0) is 23.4. The van der Waals surface area contributed by atoms with Gasteiger partial charge < -0.3 is 10.2 Å². The van der Waals surface area contributed by atoms with Gasteiger partial charge in [0.2, 0.25) is 11.8 Å². The summed E-state index contributed by atoms with van der Waals surface area (Å²) in [5.41, 5.74) is 1.10. The van der Waals surface area contributed by atoms with Crippen LogP contribution in [-0.4, -0.2) is 54.8 Å². The van der Waals surface area contributed by atoms with Gasteiger partial charge in [-0.1, -0.05) is 73.1 Å². The normalized spacial score (nSPS) is 32.1. The third-order valence-corrected chi connectivity index (χ3v) is 7.93. The smallest absolute Gasteiger partial charge is 0.239 e. The van der Waals surface area contributed by atoms with E-state index in [1.807, 2.05) is 39.3 Å². The van der Waals surface area contributed by atoms with Crippen LogP contribution in [0.25, 0.3) is 0 Å². The molecule has 1 aromatic carbocycles. The Labute approximate surface area is 200 Å². The Morgan fingerprint density at radius 3 is 2.59 bits per heavy atom. The zero-order valence-electron chi connectivity index (χ0n) is 19.9. The molecule has 6 heteroatoms. The van der Waals surface area contributed by atoms with Gasteiger partial charge in [0, 0.05) is 31.7 Å².